The SMILES string of the molecule is Cc1cc(NC(=O)c2ccc(OCCCl)c(Br)c2)ccc1F. The summed E-state index contributed by atoms with van der Waals surface area (Å²) in [5.41, 5.74) is 1.48. The van der Waals surface area contributed by atoms with Gasteiger partial charge in [0.05, 0.1) is 10.4 Å². The molecule has 0 bridgehead atoms. The van der Waals surface area contributed by atoms with E-state index in [0.717, 1.165) is 0 Å². The Labute approximate surface area is 141 Å². The van der Waals surface area contributed by atoms with Gasteiger partial charge in [-0.2, -0.15) is 0 Å². The molecule has 1 N–H and O–H groups in total. The summed E-state index contributed by atoms with van der Waals surface area (Å²) in [4.78, 5) is 12.2. The van der Waals surface area contributed by atoms with Crippen LogP contribution in [0.4, 0.5) is 10.1 Å². The molecule has 1 amide bonds. The largest absolute Gasteiger partial charge is 0.491 e. The van der Waals surface area contributed by atoms with Crippen LogP contribution in [0.2, 0.25) is 0 Å². The lowest BCUT2D eigenvalue weighted by molar-refractivity contribution is 0.102. The van der Waals surface area contributed by atoms with Crippen molar-refractivity contribution < 1.29 is 13.9 Å². The summed E-state index contributed by atoms with van der Waals surface area (Å²) < 4.78 is 19.3. The fourth-order valence-corrected chi connectivity index (χ4v) is 2.40. The molecule has 2 aromatic carbocycles. The van der Waals surface area contributed by atoms with Crippen LogP contribution in [0.1, 0.15) is 15.9 Å². The maximum absolute atomic E-state index is 13.2. The number of nitrogens with one attached hydrogen (secondary N) is 1. The molecule has 22 heavy (non-hydrogen) atoms. The van der Waals surface area contributed by atoms with E-state index in [-0.39, 0.29) is 11.7 Å². The van der Waals surface area contributed by atoms with Crippen LogP contribution in [0, 0.1) is 12.7 Å². The minimum Gasteiger partial charge on any atom is -0.491 e. The quantitative estimate of drug-likeness (QED) is 0.752. The number of carbonyl (C=O) groups excluding carboxylic acids is 1. The molecule has 0 fully saturated rings. The van der Waals surface area contributed by atoms with E-state index in [9.17, 15) is 9.18 Å². The zero-order valence-corrected chi connectivity index (χ0v) is 14.2. The second-order valence-corrected chi connectivity index (χ2v) is 5.83. The smallest absolute Gasteiger partial charge is 0.255 e. The number of anilines is 1. The summed E-state index contributed by atoms with van der Waals surface area (Å²) in [6.07, 6.45) is 0. The van der Waals surface area contributed by atoms with Gasteiger partial charge in [-0.15, -0.1) is 11.6 Å². The number of benzene rings is 2. The van der Waals surface area contributed by atoms with E-state index in [1.807, 2.05) is 0 Å². The number of hydrogen-bond donors (Lipinski definition) is 1. The Balaban J connectivity index is 2.12. The van der Waals surface area contributed by atoms with Crippen molar-refractivity contribution in [1.82, 2.24) is 0 Å². The highest BCUT2D eigenvalue weighted by molar-refractivity contribution is 9.10. The standard InChI is InChI=1S/C16H14BrClFNO2/c1-10-8-12(3-4-14(10)19)20-16(21)11-2-5-15(13(17)9-11)22-7-6-18/h2-5,8-9H,6-7H2,1H3,(H,20,21). The molecule has 2 rings (SSSR count). The third kappa shape index (κ3) is 4.21. The van der Waals surface area contributed by atoms with Crippen LogP contribution < -0.4 is 10.1 Å². The number of carbonyl (C=O) groups is 1. The molecule has 0 atom stereocenters. The Hall–Kier alpha value is -1.59. The fourth-order valence-electron chi connectivity index (χ4n) is 1.83. The van der Waals surface area contributed by atoms with Crippen LogP contribution >= 0.6 is 27.5 Å². The molecule has 3 nitrogen and oxygen atoms in total. The van der Waals surface area contributed by atoms with Crippen molar-refractivity contribution in [3.05, 3.63) is 57.8 Å². The van der Waals surface area contributed by atoms with Gasteiger partial charge in [-0.3, -0.25) is 4.79 Å². The topological polar surface area (TPSA) is 38.3 Å². The molecule has 0 saturated carbocycles. The maximum atomic E-state index is 13.2. The molecule has 0 aliphatic carbocycles. The van der Waals surface area contributed by atoms with Crippen LogP contribution in [0.3, 0.4) is 0 Å². The average Bonchev–Trinajstić information content (AvgIpc) is 2.49. The van der Waals surface area contributed by atoms with Crippen molar-refractivity contribution in [3.63, 3.8) is 0 Å². The first-order valence-electron chi connectivity index (χ1n) is 6.57. The molecule has 116 valence electrons. The van der Waals surface area contributed by atoms with E-state index in [1.54, 1.807) is 31.2 Å². The van der Waals surface area contributed by atoms with Gasteiger partial charge in [0.1, 0.15) is 18.2 Å². The van der Waals surface area contributed by atoms with E-state index >= 15 is 0 Å². The molecule has 0 heterocycles. The maximum Gasteiger partial charge on any atom is 0.255 e. The van der Waals surface area contributed by atoms with Crippen LogP contribution in [-0.2, 0) is 0 Å². The van der Waals surface area contributed by atoms with E-state index in [1.165, 1.54) is 12.1 Å². The van der Waals surface area contributed by atoms with E-state index in [2.05, 4.69) is 21.2 Å². The lowest BCUT2D eigenvalue weighted by atomic mass is 10.1. The van der Waals surface area contributed by atoms with Crippen LogP contribution in [0.15, 0.2) is 40.9 Å². The summed E-state index contributed by atoms with van der Waals surface area (Å²) in [5, 5.41) is 2.73. The summed E-state index contributed by atoms with van der Waals surface area (Å²) in [6, 6.07) is 9.44. The molecule has 0 unspecified atom stereocenters. The van der Waals surface area contributed by atoms with Crippen LogP contribution in [0.5, 0.6) is 5.75 Å². The van der Waals surface area contributed by atoms with Crippen molar-refractivity contribution in [1.29, 1.82) is 0 Å². The minimum absolute atomic E-state index is 0.282. The molecule has 0 saturated heterocycles. The zero-order valence-electron chi connectivity index (χ0n) is 11.8. The first-order chi connectivity index (χ1) is 10.5. The molecule has 6 heteroatoms. The summed E-state index contributed by atoms with van der Waals surface area (Å²) in [6.45, 7) is 2.03. The minimum atomic E-state index is -0.304. The molecule has 0 spiro atoms. The molecule has 0 radical (unpaired) electrons. The van der Waals surface area contributed by atoms with E-state index in [4.69, 9.17) is 16.3 Å². The summed E-state index contributed by atoms with van der Waals surface area (Å²) in [7, 11) is 0. The second kappa shape index (κ2) is 7.61. The van der Waals surface area contributed by atoms with Gasteiger partial charge in [0.25, 0.3) is 5.91 Å². The predicted molar refractivity (Wildman–Crippen MR) is 89.4 cm³/mol. The Bertz CT molecular complexity index is 694. The molecule has 0 aromatic heterocycles. The van der Waals surface area contributed by atoms with Gasteiger partial charge in [-0.1, -0.05) is 0 Å². The van der Waals surface area contributed by atoms with Crippen LogP contribution in [-0.4, -0.2) is 18.4 Å². The molecule has 2 aromatic rings. The highest BCUT2D eigenvalue weighted by atomic mass is 79.9. The van der Waals surface area contributed by atoms with E-state index in [0.29, 0.717) is 39.5 Å². The number of aryl methyl sites for hydroxylation is 1. The van der Waals surface area contributed by atoms with Crippen molar-refractivity contribution in [2.75, 3.05) is 17.8 Å². The number of amides is 1. The first-order valence-corrected chi connectivity index (χ1v) is 7.90. The number of hydrogen-bond acceptors (Lipinski definition) is 2. The number of halogens is 3. The Morgan fingerprint density at radius 1 is 1.32 bits per heavy atom. The van der Waals surface area contributed by atoms with Gasteiger partial charge in [-0.25, -0.2) is 4.39 Å². The normalized spacial score (nSPS) is 10.4. The zero-order chi connectivity index (χ0) is 16.1. The third-order valence-electron chi connectivity index (χ3n) is 2.94. The first kappa shape index (κ1) is 16.8. The average molecular weight is 387 g/mol. The molecule has 0 aliphatic heterocycles. The van der Waals surface area contributed by atoms with E-state index < -0.39 is 0 Å². The summed E-state index contributed by atoms with van der Waals surface area (Å²) in [5.74, 6) is 0.422. The van der Waals surface area contributed by atoms with Crippen LogP contribution in [0.25, 0.3) is 0 Å². The van der Waals surface area contributed by atoms with Crippen molar-refractivity contribution in [2.24, 2.45) is 0 Å². The Morgan fingerprint density at radius 3 is 2.73 bits per heavy atom. The van der Waals surface area contributed by atoms with Crippen molar-refractivity contribution in [2.45, 2.75) is 6.92 Å². The Morgan fingerprint density at radius 2 is 2.09 bits per heavy atom. The molecular formula is C16H14BrClFNO2. The highest BCUT2D eigenvalue weighted by Gasteiger charge is 2.10. The van der Waals surface area contributed by atoms with Crippen molar-refractivity contribution >= 4 is 39.1 Å². The predicted octanol–water partition coefficient (Wildman–Crippen LogP) is 4.77. The number of alkyl halides is 1. The van der Waals surface area contributed by atoms with Gasteiger partial charge in [-0.05, 0) is 64.8 Å². The van der Waals surface area contributed by atoms with Gasteiger partial charge in [0.2, 0.25) is 0 Å². The van der Waals surface area contributed by atoms with Crippen molar-refractivity contribution in [3.8, 4) is 5.75 Å². The third-order valence-corrected chi connectivity index (χ3v) is 3.72. The van der Waals surface area contributed by atoms with Gasteiger partial charge >= 0.3 is 0 Å². The van der Waals surface area contributed by atoms with Gasteiger partial charge < -0.3 is 10.1 Å². The van der Waals surface area contributed by atoms with Gasteiger partial charge in [0, 0.05) is 11.3 Å². The fraction of sp³-hybridized carbons (Fsp3) is 0.188. The lowest BCUT2D eigenvalue weighted by Crippen LogP contribution is -2.12. The number of ether oxygens (including phenoxy) is 1. The summed E-state index contributed by atoms with van der Waals surface area (Å²) >= 11 is 8.92. The Kier molecular flexibility index (Phi) is 5.80. The van der Waals surface area contributed by atoms with Gasteiger partial charge in [0.15, 0.2) is 0 Å². The monoisotopic (exact) mass is 385 g/mol. The second-order valence-electron chi connectivity index (χ2n) is 4.60. The molecule has 0 aliphatic rings. The lowest BCUT2D eigenvalue weighted by Gasteiger charge is -2.10. The highest BCUT2D eigenvalue weighted by Crippen LogP contribution is 2.26. The number of rotatable bonds is 5. The molecular weight excluding hydrogens is 373 g/mol.